The number of halogens is 1. The van der Waals surface area contributed by atoms with Crippen molar-refractivity contribution in [2.45, 2.75) is 32.2 Å². The summed E-state index contributed by atoms with van der Waals surface area (Å²) in [4.78, 5) is 4.38. The summed E-state index contributed by atoms with van der Waals surface area (Å²) in [5.41, 5.74) is 7.98. The van der Waals surface area contributed by atoms with E-state index in [0.29, 0.717) is 5.95 Å². The number of nitrogen functional groups attached to an aromatic ring is 1. The quantitative estimate of drug-likeness (QED) is 0.886. The lowest BCUT2D eigenvalue weighted by Crippen LogP contribution is -2.10. The normalized spacial score (nSPS) is 17.0. The van der Waals surface area contributed by atoms with Gasteiger partial charge < -0.3 is 10.3 Å². The Morgan fingerprint density at radius 2 is 2.12 bits per heavy atom. The lowest BCUT2D eigenvalue weighted by atomic mass is 10.1. The second-order valence-electron chi connectivity index (χ2n) is 4.86. The Labute approximate surface area is 106 Å². The van der Waals surface area contributed by atoms with Crippen molar-refractivity contribution in [2.24, 2.45) is 5.92 Å². The number of hydrogen-bond acceptors (Lipinski definition) is 2. The van der Waals surface area contributed by atoms with Crippen molar-refractivity contribution in [1.82, 2.24) is 9.55 Å². The van der Waals surface area contributed by atoms with Gasteiger partial charge in [0, 0.05) is 11.6 Å². The minimum Gasteiger partial charge on any atom is -0.369 e. The van der Waals surface area contributed by atoms with Crippen LogP contribution in [0, 0.1) is 5.92 Å². The molecule has 1 heterocycles. The van der Waals surface area contributed by atoms with Gasteiger partial charge in [-0.05, 0) is 37.0 Å². The van der Waals surface area contributed by atoms with Crippen molar-refractivity contribution < 1.29 is 0 Å². The Morgan fingerprint density at radius 1 is 1.35 bits per heavy atom. The minimum atomic E-state index is 0.606. The highest BCUT2D eigenvalue weighted by Gasteiger charge is 2.18. The van der Waals surface area contributed by atoms with E-state index in [9.17, 15) is 0 Å². The molecule has 1 aliphatic rings. The fourth-order valence-corrected chi connectivity index (χ4v) is 2.92. The van der Waals surface area contributed by atoms with Crippen LogP contribution in [0.25, 0.3) is 11.0 Å². The Morgan fingerprint density at radius 3 is 2.88 bits per heavy atom. The molecule has 0 amide bonds. The van der Waals surface area contributed by atoms with Gasteiger partial charge in [0.1, 0.15) is 0 Å². The summed E-state index contributed by atoms with van der Waals surface area (Å²) in [5.74, 6) is 1.35. The second-order valence-corrected chi connectivity index (χ2v) is 5.30. The maximum Gasteiger partial charge on any atom is 0.201 e. The molecular weight excluding hydrogens is 234 g/mol. The lowest BCUT2D eigenvalue weighted by Gasteiger charge is -2.12. The molecule has 2 N–H and O–H groups in total. The van der Waals surface area contributed by atoms with E-state index >= 15 is 0 Å². The zero-order valence-corrected chi connectivity index (χ0v) is 10.5. The molecule has 17 heavy (non-hydrogen) atoms. The van der Waals surface area contributed by atoms with Gasteiger partial charge in [-0.3, -0.25) is 0 Å². The molecule has 3 nitrogen and oxygen atoms in total. The van der Waals surface area contributed by atoms with E-state index in [1.54, 1.807) is 0 Å². The Bertz CT molecular complexity index is 541. The number of anilines is 1. The van der Waals surface area contributed by atoms with Crippen LogP contribution in [-0.2, 0) is 6.54 Å². The van der Waals surface area contributed by atoms with Crippen molar-refractivity contribution in [3.8, 4) is 0 Å². The summed E-state index contributed by atoms with van der Waals surface area (Å²) in [6.07, 6.45) is 5.30. The van der Waals surface area contributed by atoms with E-state index in [4.69, 9.17) is 17.3 Å². The highest BCUT2D eigenvalue weighted by molar-refractivity contribution is 6.31. The van der Waals surface area contributed by atoms with Crippen LogP contribution in [0.5, 0.6) is 0 Å². The molecule has 0 atom stereocenters. The van der Waals surface area contributed by atoms with Crippen LogP contribution < -0.4 is 5.73 Å². The number of nitrogens with two attached hydrogens (primary N) is 1. The average molecular weight is 250 g/mol. The fourth-order valence-electron chi connectivity index (χ4n) is 2.76. The summed E-state index contributed by atoms with van der Waals surface area (Å²) in [5, 5.41) is 0.741. The van der Waals surface area contributed by atoms with Crippen molar-refractivity contribution in [1.29, 1.82) is 0 Å². The van der Waals surface area contributed by atoms with Gasteiger partial charge in [-0.15, -0.1) is 0 Å². The summed E-state index contributed by atoms with van der Waals surface area (Å²) in [7, 11) is 0. The fraction of sp³-hybridized carbons (Fsp3) is 0.462. The Kier molecular flexibility index (Phi) is 2.71. The van der Waals surface area contributed by atoms with Crippen LogP contribution in [-0.4, -0.2) is 9.55 Å². The third-order valence-corrected chi connectivity index (χ3v) is 3.89. The van der Waals surface area contributed by atoms with Gasteiger partial charge in [0.05, 0.1) is 11.0 Å². The summed E-state index contributed by atoms with van der Waals surface area (Å²) in [6, 6.07) is 5.74. The lowest BCUT2D eigenvalue weighted by molar-refractivity contribution is 0.468. The molecule has 0 saturated heterocycles. The first-order chi connectivity index (χ1) is 8.24. The third kappa shape index (κ3) is 2.00. The molecule has 90 valence electrons. The number of fused-ring (bicyclic) bond motifs is 1. The van der Waals surface area contributed by atoms with Crippen LogP contribution in [0.3, 0.4) is 0 Å². The standard InChI is InChI=1S/C13H16ClN3/c14-10-5-6-11-12(7-10)17(13(15)16-11)8-9-3-1-2-4-9/h5-7,9H,1-4,8H2,(H2,15,16). The number of aromatic nitrogens is 2. The van der Waals surface area contributed by atoms with Gasteiger partial charge in [-0.25, -0.2) is 4.98 Å². The molecule has 2 aromatic rings. The second kappa shape index (κ2) is 4.22. The third-order valence-electron chi connectivity index (χ3n) is 3.66. The van der Waals surface area contributed by atoms with Crippen molar-refractivity contribution >= 4 is 28.6 Å². The van der Waals surface area contributed by atoms with Gasteiger partial charge >= 0.3 is 0 Å². The number of rotatable bonds is 2. The average Bonchev–Trinajstić information content (AvgIpc) is 2.90. The predicted octanol–water partition coefficient (Wildman–Crippen LogP) is 3.46. The number of imidazole rings is 1. The van der Waals surface area contributed by atoms with Gasteiger partial charge in [0.2, 0.25) is 5.95 Å². The molecule has 0 radical (unpaired) electrons. The zero-order chi connectivity index (χ0) is 11.8. The molecule has 1 saturated carbocycles. The maximum atomic E-state index is 6.03. The van der Waals surface area contributed by atoms with Crippen LogP contribution in [0.15, 0.2) is 18.2 Å². The molecule has 3 rings (SSSR count). The van der Waals surface area contributed by atoms with Gasteiger partial charge in [0.15, 0.2) is 0 Å². The summed E-state index contributed by atoms with van der Waals surface area (Å²) >= 11 is 6.03. The molecule has 4 heteroatoms. The smallest absolute Gasteiger partial charge is 0.201 e. The SMILES string of the molecule is Nc1nc2ccc(Cl)cc2n1CC1CCCC1. The van der Waals surface area contributed by atoms with Crippen molar-refractivity contribution in [3.63, 3.8) is 0 Å². The monoisotopic (exact) mass is 249 g/mol. The minimum absolute atomic E-state index is 0.606. The molecule has 0 aliphatic heterocycles. The van der Waals surface area contributed by atoms with Crippen LogP contribution in [0.1, 0.15) is 25.7 Å². The van der Waals surface area contributed by atoms with Crippen LogP contribution in [0.4, 0.5) is 5.95 Å². The van der Waals surface area contributed by atoms with E-state index in [2.05, 4.69) is 9.55 Å². The largest absolute Gasteiger partial charge is 0.369 e. The molecule has 0 unspecified atom stereocenters. The van der Waals surface area contributed by atoms with Gasteiger partial charge in [-0.2, -0.15) is 0 Å². The molecule has 1 fully saturated rings. The first-order valence-electron chi connectivity index (χ1n) is 6.15. The van der Waals surface area contributed by atoms with Gasteiger partial charge in [0.25, 0.3) is 0 Å². The number of hydrogen-bond donors (Lipinski definition) is 1. The van der Waals surface area contributed by atoms with E-state index in [0.717, 1.165) is 28.5 Å². The topological polar surface area (TPSA) is 43.8 Å². The van der Waals surface area contributed by atoms with Crippen molar-refractivity contribution in [2.75, 3.05) is 5.73 Å². The summed E-state index contributed by atoms with van der Waals surface area (Å²) < 4.78 is 2.11. The molecule has 1 aliphatic carbocycles. The summed E-state index contributed by atoms with van der Waals surface area (Å²) in [6.45, 7) is 0.975. The van der Waals surface area contributed by atoms with Crippen molar-refractivity contribution in [3.05, 3.63) is 23.2 Å². The van der Waals surface area contributed by atoms with E-state index in [1.165, 1.54) is 25.7 Å². The molecular formula is C13H16ClN3. The first-order valence-corrected chi connectivity index (χ1v) is 6.53. The molecule has 1 aromatic heterocycles. The van der Waals surface area contributed by atoms with Gasteiger partial charge in [-0.1, -0.05) is 24.4 Å². The molecule has 0 bridgehead atoms. The maximum absolute atomic E-state index is 6.03. The zero-order valence-electron chi connectivity index (χ0n) is 9.69. The van der Waals surface area contributed by atoms with E-state index in [-0.39, 0.29) is 0 Å². The van der Waals surface area contributed by atoms with E-state index < -0.39 is 0 Å². The highest BCUT2D eigenvalue weighted by atomic mass is 35.5. The molecule has 0 spiro atoms. The Balaban J connectivity index is 2.01. The molecule has 1 aromatic carbocycles. The number of nitrogens with zero attached hydrogens (tertiary/aromatic N) is 2. The van der Waals surface area contributed by atoms with Crippen LogP contribution >= 0.6 is 11.6 Å². The van der Waals surface area contributed by atoms with Crippen LogP contribution in [0.2, 0.25) is 5.02 Å². The number of benzene rings is 1. The predicted molar refractivity (Wildman–Crippen MR) is 71.1 cm³/mol. The highest BCUT2D eigenvalue weighted by Crippen LogP contribution is 2.29. The van der Waals surface area contributed by atoms with E-state index in [1.807, 2.05) is 18.2 Å². The Hall–Kier alpha value is -1.22. The first kappa shape index (κ1) is 10.9.